The molecule has 2 aromatic rings. The highest BCUT2D eigenvalue weighted by atomic mass is 16.1. The summed E-state index contributed by atoms with van der Waals surface area (Å²) < 4.78 is 0. The molecule has 2 nitrogen and oxygen atoms in total. The van der Waals surface area contributed by atoms with Crippen molar-refractivity contribution in [2.75, 3.05) is 5.32 Å². The fourth-order valence-electron chi connectivity index (χ4n) is 3.11. The Hall–Kier alpha value is -2.09. The van der Waals surface area contributed by atoms with Crippen LogP contribution in [0.3, 0.4) is 0 Å². The number of benzene rings is 2. The van der Waals surface area contributed by atoms with Gasteiger partial charge in [0.1, 0.15) is 0 Å². The van der Waals surface area contributed by atoms with Crippen LogP contribution in [-0.4, -0.2) is 5.91 Å². The van der Waals surface area contributed by atoms with Crippen LogP contribution in [0.2, 0.25) is 0 Å². The van der Waals surface area contributed by atoms with Crippen molar-refractivity contribution < 1.29 is 4.79 Å². The van der Waals surface area contributed by atoms with Gasteiger partial charge in [0.25, 0.3) is 0 Å². The average molecular weight is 352 g/mol. The van der Waals surface area contributed by atoms with E-state index in [9.17, 15) is 4.79 Å². The van der Waals surface area contributed by atoms with Crippen molar-refractivity contribution in [2.45, 2.75) is 65.2 Å². The Bertz CT molecular complexity index is 729. The molecule has 0 bridgehead atoms. The molecule has 0 saturated carbocycles. The van der Waals surface area contributed by atoms with Gasteiger partial charge in [-0.1, -0.05) is 84.0 Å². The number of hydrogen-bond donors (Lipinski definition) is 1. The molecule has 0 radical (unpaired) electrons. The number of amides is 1. The van der Waals surface area contributed by atoms with Crippen LogP contribution in [0.5, 0.6) is 0 Å². The first-order valence-corrected chi connectivity index (χ1v) is 9.59. The zero-order valence-corrected chi connectivity index (χ0v) is 17.1. The third-order valence-electron chi connectivity index (χ3n) is 5.37. The van der Waals surface area contributed by atoms with Crippen molar-refractivity contribution in [3.05, 3.63) is 65.7 Å². The molecular weight excluding hydrogens is 318 g/mol. The van der Waals surface area contributed by atoms with E-state index in [0.717, 1.165) is 18.5 Å². The van der Waals surface area contributed by atoms with Crippen LogP contribution >= 0.6 is 0 Å². The lowest BCUT2D eigenvalue weighted by atomic mass is 9.73. The van der Waals surface area contributed by atoms with Crippen LogP contribution in [0.4, 0.5) is 5.69 Å². The van der Waals surface area contributed by atoms with Crippen LogP contribution in [0, 0.1) is 5.92 Å². The van der Waals surface area contributed by atoms with Crippen LogP contribution in [0.15, 0.2) is 54.6 Å². The maximum atomic E-state index is 12.0. The highest BCUT2D eigenvalue weighted by molar-refractivity contribution is 5.92. The number of carbonyl (C=O) groups is 1. The summed E-state index contributed by atoms with van der Waals surface area (Å²) in [5, 5.41) is 3.01. The molecule has 0 aliphatic rings. The van der Waals surface area contributed by atoms with Gasteiger partial charge in [0, 0.05) is 11.6 Å². The van der Waals surface area contributed by atoms with Gasteiger partial charge >= 0.3 is 0 Å². The van der Waals surface area contributed by atoms with Gasteiger partial charge in [0.15, 0.2) is 0 Å². The zero-order valence-electron chi connectivity index (χ0n) is 17.1. The second-order valence-electron chi connectivity index (χ2n) is 8.86. The minimum Gasteiger partial charge on any atom is -0.326 e. The van der Waals surface area contributed by atoms with E-state index >= 15 is 0 Å². The SMILES string of the molecule is CC(C)C(=O)Nc1cccc(C(C)(C)CCC(C)(C)c2ccccc2)c1. The van der Waals surface area contributed by atoms with Gasteiger partial charge in [-0.05, 0) is 46.9 Å². The Morgan fingerprint density at radius 1 is 0.846 bits per heavy atom. The van der Waals surface area contributed by atoms with E-state index in [1.807, 2.05) is 26.0 Å². The van der Waals surface area contributed by atoms with Crippen molar-refractivity contribution in [2.24, 2.45) is 5.92 Å². The standard InChI is InChI=1S/C24H33NO/c1-18(2)22(26)25-21-14-10-13-20(17-21)24(5,6)16-15-23(3,4)19-11-8-7-9-12-19/h7-14,17-18H,15-16H2,1-6H3,(H,25,26). The Labute approximate surface area is 159 Å². The van der Waals surface area contributed by atoms with Crippen molar-refractivity contribution >= 4 is 11.6 Å². The van der Waals surface area contributed by atoms with Crippen molar-refractivity contribution in [1.82, 2.24) is 0 Å². The molecule has 0 heterocycles. The Morgan fingerprint density at radius 3 is 1.96 bits per heavy atom. The Morgan fingerprint density at radius 2 is 1.38 bits per heavy atom. The van der Waals surface area contributed by atoms with Crippen LogP contribution in [0.25, 0.3) is 0 Å². The maximum Gasteiger partial charge on any atom is 0.226 e. The molecular formula is C24H33NO. The topological polar surface area (TPSA) is 29.1 Å². The molecule has 0 saturated heterocycles. The quantitative estimate of drug-likeness (QED) is 0.621. The summed E-state index contributed by atoms with van der Waals surface area (Å²) in [6, 6.07) is 19.0. The summed E-state index contributed by atoms with van der Waals surface area (Å²) in [7, 11) is 0. The second kappa shape index (κ2) is 8.07. The number of rotatable bonds is 7. The predicted molar refractivity (Wildman–Crippen MR) is 112 cm³/mol. The van der Waals surface area contributed by atoms with Crippen molar-refractivity contribution in [3.63, 3.8) is 0 Å². The normalized spacial score (nSPS) is 12.3. The second-order valence-corrected chi connectivity index (χ2v) is 8.86. The van der Waals surface area contributed by atoms with E-state index in [-0.39, 0.29) is 22.7 Å². The molecule has 0 aromatic heterocycles. The summed E-state index contributed by atoms with van der Waals surface area (Å²) in [5.41, 5.74) is 3.72. The van der Waals surface area contributed by atoms with Gasteiger partial charge in [-0.15, -0.1) is 0 Å². The van der Waals surface area contributed by atoms with E-state index in [2.05, 4.69) is 75.5 Å². The summed E-state index contributed by atoms with van der Waals surface area (Å²) in [5.74, 6) is 0.0449. The van der Waals surface area contributed by atoms with E-state index < -0.39 is 0 Å². The summed E-state index contributed by atoms with van der Waals surface area (Å²) in [6.45, 7) is 13.0. The first kappa shape index (κ1) is 20.2. The highest BCUT2D eigenvalue weighted by Crippen LogP contribution is 2.36. The number of nitrogens with one attached hydrogen (secondary N) is 1. The zero-order chi connectivity index (χ0) is 19.4. The molecule has 0 unspecified atom stereocenters. The van der Waals surface area contributed by atoms with E-state index in [1.54, 1.807) is 0 Å². The molecule has 1 N–H and O–H groups in total. The maximum absolute atomic E-state index is 12.0. The Kier molecular flexibility index (Phi) is 6.28. The van der Waals surface area contributed by atoms with E-state index in [0.29, 0.717) is 0 Å². The fourth-order valence-corrected chi connectivity index (χ4v) is 3.11. The van der Waals surface area contributed by atoms with Gasteiger partial charge in [-0.2, -0.15) is 0 Å². The molecule has 0 atom stereocenters. The number of carbonyl (C=O) groups excluding carboxylic acids is 1. The largest absolute Gasteiger partial charge is 0.326 e. The molecule has 0 fully saturated rings. The third-order valence-corrected chi connectivity index (χ3v) is 5.37. The summed E-state index contributed by atoms with van der Waals surface area (Å²) in [6.07, 6.45) is 2.18. The van der Waals surface area contributed by atoms with Gasteiger partial charge in [-0.3, -0.25) is 4.79 Å². The summed E-state index contributed by atoms with van der Waals surface area (Å²) in [4.78, 5) is 12.0. The Balaban J connectivity index is 2.11. The molecule has 26 heavy (non-hydrogen) atoms. The number of hydrogen-bond acceptors (Lipinski definition) is 1. The molecule has 2 heteroatoms. The predicted octanol–water partition coefficient (Wildman–Crippen LogP) is 6.32. The molecule has 2 aromatic carbocycles. The van der Waals surface area contributed by atoms with Crippen LogP contribution in [0.1, 0.15) is 65.5 Å². The van der Waals surface area contributed by atoms with Crippen molar-refractivity contribution in [1.29, 1.82) is 0 Å². The smallest absolute Gasteiger partial charge is 0.226 e. The van der Waals surface area contributed by atoms with Crippen molar-refractivity contribution in [3.8, 4) is 0 Å². The first-order valence-electron chi connectivity index (χ1n) is 9.59. The van der Waals surface area contributed by atoms with Gasteiger partial charge in [-0.25, -0.2) is 0 Å². The monoisotopic (exact) mass is 351 g/mol. The molecule has 2 rings (SSSR count). The lowest BCUT2D eigenvalue weighted by Crippen LogP contribution is -2.24. The molecule has 0 aliphatic carbocycles. The first-order chi connectivity index (χ1) is 12.1. The van der Waals surface area contributed by atoms with Crippen LogP contribution in [-0.2, 0) is 15.6 Å². The lowest BCUT2D eigenvalue weighted by molar-refractivity contribution is -0.118. The van der Waals surface area contributed by atoms with Gasteiger partial charge in [0.2, 0.25) is 5.91 Å². The summed E-state index contributed by atoms with van der Waals surface area (Å²) >= 11 is 0. The fraction of sp³-hybridized carbons (Fsp3) is 0.458. The number of anilines is 1. The minimum atomic E-state index is -0.0154. The average Bonchev–Trinajstić information content (AvgIpc) is 2.61. The third kappa shape index (κ3) is 5.20. The van der Waals surface area contributed by atoms with E-state index in [4.69, 9.17) is 0 Å². The van der Waals surface area contributed by atoms with Gasteiger partial charge < -0.3 is 5.32 Å². The molecule has 140 valence electrons. The lowest BCUT2D eigenvalue weighted by Gasteiger charge is -2.32. The molecule has 0 aliphatic heterocycles. The minimum absolute atomic E-state index is 0.0154. The highest BCUT2D eigenvalue weighted by Gasteiger charge is 2.27. The van der Waals surface area contributed by atoms with E-state index in [1.165, 1.54) is 11.1 Å². The van der Waals surface area contributed by atoms with Crippen LogP contribution < -0.4 is 5.32 Å². The molecule has 0 spiro atoms. The van der Waals surface area contributed by atoms with Gasteiger partial charge in [0.05, 0.1) is 0 Å². The molecule has 1 amide bonds.